The van der Waals surface area contributed by atoms with Crippen LogP contribution >= 0.6 is 11.6 Å². The van der Waals surface area contributed by atoms with Gasteiger partial charge in [0.1, 0.15) is 11.5 Å². The Balaban J connectivity index is 1.58. The highest BCUT2D eigenvalue weighted by atomic mass is 35.5. The van der Waals surface area contributed by atoms with E-state index in [1.54, 1.807) is 7.11 Å². The maximum atomic E-state index is 6.38. The molecule has 5 heteroatoms. The minimum atomic E-state index is -0.303. The summed E-state index contributed by atoms with van der Waals surface area (Å²) in [7, 11) is 1.67. The first-order valence-corrected chi connectivity index (χ1v) is 10.0. The fourth-order valence-corrected chi connectivity index (χ4v) is 4.15. The van der Waals surface area contributed by atoms with Gasteiger partial charge in [-0.25, -0.2) is 5.01 Å². The van der Waals surface area contributed by atoms with E-state index in [0.717, 1.165) is 40.3 Å². The van der Waals surface area contributed by atoms with Crippen LogP contribution in [-0.4, -0.2) is 17.8 Å². The van der Waals surface area contributed by atoms with E-state index in [9.17, 15) is 0 Å². The van der Waals surface area contributed by atoms with E-state index >= 15 is 0 Å². The number of aryl methyl sites for hydroxylation is 1. The standard InChI is InChI=1S/C24H21ClN2O2/c1-15-3-5-16(6-4-15)21-14-22-20-13-18(25)9-12-23(20)29-24(27(22)26-21)17-7-10-19(28-2)11-8-17/h3-13,22,24H,14H2,1-2H3/t22-,24-/m0/s1. The van der Waals surface area contributed by atoms with Gasteiger partial charge in [0.15, 0.2) is 0 Å². The molecule has 0 amide bonds. The van der Waals surface area contributed by atoms with E-state index in [2.05, 4.69) is 36.2 Å². The van der Waals surface area contributed by atoms with Crippen molar-refractivity contribution in [2.45, 2.75) is 25.6 Å². The number of rotatable bonds is 3. The molecule has 3 aromatic carbocycles. The van der Waals surface area contributed by atoms with Crippen LogP contribution < -0.4 is 9.47 Å². The molecule has 0 aliphatic carbocycles. The Bertz CT molecular complexity index is 1080. The summed E-state index contributed by atoms with van der Waals surface area (Å²) in [6.07, 6.45) is 0.509. The molecule has 2 atom stereocenters. The third kappa shape index (κ3) is 3.23. The molecule has 2 aliphatic heterocycles. The normalized spacial score (nSPS) is 19.8. The molecule has 0 spiro atoms. The van der Waals surface area contributed by atoms with E-state index in [1.807, 2.05) is 42.5 Å². The monoisotopic (exact) mass is 404 g/mol. The largest absolute Gasteiger partial charge is 0.497 e. The van der Waals surface area contributed by atoms with Gasteiger partial charge >= 0.3 is 0 Å². The van der Waals surface area contributed by atoms with Crippen LogP contribution in [0.4, 0.5) is 0 Å². The van der Waals surface area contributed by atoms with Gasteiger partial charge in [0.2, 0.25) is 6.23 Å². The molecule has 0 unspecified atom stereocenters. The van der Waals surface area contributed by atoms with Crippen molar-refractivity contribution in [2.75, 3.05) is 7.11 Å². The molecule has 146 valence electrons. The fourth-order valence-electron chi connectivity index (χ4n) is 3.97. The van der Waals surface area contributed by atoms with Crippen LogP contribution in [0.5, 0.6) is 11.5 Å². The van der Waals surface area contributed by atoms with Gasteiger partial charge in [-0.15, -0.1) is 0 Å². The van der Waals surface area contributed by atoms with Gasteiger partial charge < -0.3 is 9.47 Å². The van der Waals surface area contributed by atoms with Crippen molar-refractivity contribution >= 4 is 17.3 Å². The second-order valence-corrected chi connectivity index (χ2v) is 7.87. The van der Waals surface area contributed by atoms with Crippen LogP contribution in [-0.2, 0) is 0 Å². The molecule has 29 heavy (non-hydrogen) atoms. The Labute approximate surface area is 175 Å². The molecule has 0 fully saturated rings. The topological polar surface area (TPSA) is 34.1 Å². The number of nitrogens with zero attached hydrogens (tertiary/aromatic N) is 2. The SMILES string of the molecule is COc1ccc([C@@H]2Oc3ccc(Cl)cc3[C@@H]3CC(c4ccc(C)cc4)=NN32)cc1. The number of methoxy groups -OCH3 is 1. The van der Waals surface area contributed by atoms with Crippen molar-refractivity contribution in [3.8, 4) is 11.5 Å². The molecule has 0 radical (unpaired) electrons. The van der Waals surface area contributed by atoms with Crippen molar-refractivity contribution in [1.82, 2.24) is 5.01 Å². The first-order valence-electron chi connectivity index (χ1n) is 9.65. The Hall–Kier alpha value is -2.98. The molecular formula is C24H21ClN2O2. The van der Waals surface area contributed by atoms with E-state index < -0.39 is 0 Å². The summed E-state index contributed by atoms with van der Waals surface area (Å²) in [5, 5.41) is 7.76. The van der Waals surface area contributed by atoms with Crippen molar-refractivity contribution in [1.29, 1.82) is 0 Å². The Morgan fingerprint density at radius 3 is 2.52 bits per heavy atom. The lowest BCUT2D eigenvalue weighted by atomic mass is 9.95. The van der Waals surface area contributed by atoms with Crippen molar-refractivity contribution in [3.05, 3.63) is 94.0 Å². The smallest absolute Gasteiger partial charge is 0.213 e. The van der Waals surface area contributed by atoms with Gasteiger partial charge in [0.05, 0.1) is 18.9 Å². The fraction of sp³-hybridized carbons (Fsp3) is 0.208. The Kier molecular flexibility index (Phi) is 4.44. The molecule has 0 bridgehead atoms. The van der Waals surface area contributed by atoms with Crippen molar-refractivity contribution in [3.63, 3.8) is 0 Å². The number of hydrogen-bond donors (Lipinski definition) is 0. The van der Waals surface area contributed by atoms with Gasteiger partial charge in [-0.3, -0.25) is 0 Å². The number of benzene rings is 3. The molecule has 0 saturated carbocycles. The molecular weight excluding hydrogens is 384 g/mol. The zero-order chi connectivity index (χ0) is 20.0. The minimum absolute atomic E-state index is 0.0841. The summed E-state index contributed by atoms with van der Waals surface area (Å²) in [5.74, 6) is 1.68. The zero-order valence-electron chi connectivity index (χ0n) is 16.3. The van der Waals surface area contributed by atoms with Gasteiger partial charge in [-0.1, -0.05) is 41.4 Å². The number of hydrazone groups is 1. The Morgan fingerprint density at radius 1 is 1.03 bits per heavy atom. The minimum Gasteiger partial charge on any atom is -0.497 e. The summed E-state index contributed by atoms with van der Waals surface area (Å²) in [6.45, 7) is 2.09. The van der Waals surface area contributed by atoms with Gasteiger partial charge in [0.25, 0.3) is 0 Å². The molecule has 5 rings (SSSR count). The van der Waals surface area contributed by atoms with Gasteiger partial charge in [-0.05, 0) is 55.0 Å². The second kappa shape index (κ2) is 7.12. The molecule has 0 N–H and O–H groups in total. The zero-order valence-corrected chi connectivity index (χ0v) is 17.1. The van der Waals surface area contributed by atoms with Gasteiger partial charge in [0, 0.05) is 22.6 Å². The number of ether oxygens (including phenoxy) is 2. The van der Waals surface area contributed by atoms with Gasteiger partial charge in [-0.2, -0.15) is 5.10 Å². The van der Waals surface area contributed by atoms with Crippen LogP contribution in [0.2, 0.25) is 5.02 Å². The van der Waals surface area contributed by atoms with Crippen LogP contribution in [0, 0.1) is 6.92 Å². The second-order valence-electron chi connectivity index (χ2n) is 7.44. The third-order valence-corrected chi connectivity index (χ3v) is 5.77. The summed E-state index contributed by atoms with van der Waals surface area (Å²) < 4.78 is 11.7. The highest BCUT2D eigenvalue weighted by Crippen LogP contribution is 2.48. The quantitative estimate of drug-likeness (QED) is 0.545. The predicted molar refractivity (Wildman–Crippen MR) is 115 cm³/mol. The first kappa shape index (κ1) is 18.1. The van der Waals surface area contributed by atoms with Crippen LogP contribution in [0.3, 0.4) is 0 Å². The molecule has 4 nitrogen and oxygen atoms in total. The van der Waals surface area contributed by atoms with Crippen molar-refractivity contribution in [2.24, 2.45) is 5.10 Å². The summed E-state index contributed by atoms with van der Waals surface area (Å²) >= 11 is 6.30. The number of halogens is 1. The molecule has 2 aliphatic rings. The van der Waals surface area contributed by atoms with Crippen molar-refractivity contribution < 1.29 is 9.47 Å². The van der Waals surface area contributed by atoms with E-state index in [-0.39, 0.29) is 12.3 Å². The summed E-state index contributed by atoms with van der Waals surface area (Å²) in [5.41, 5.74) is 5.55. The highest BCUT2D eigenvalue weighted by molar-refractivity contribution is 6.30. The maximum Gasteiger partial charge on any atom is 0.213 e. The number of fused-ring (bicyclic) bond motifs is 3. The number of hydrogen-bond acceptors (Lipinski definition) is 4. The average molecular weight is 405 g/mol. The average Bonchev–Trinajstić information content (AvgIpc) is 3.20. The lowest BCUT2D eigenvalue weighted by molar-refractivity contribution is -0.0190. The summed E-state index contributed by atoms with van der Waals surface area (Å²) in [6, 6.07) is 22.4. The summed E-state index contributed by atoms with van der Waals surface area (Å²) in [4.78, 5) is 0. The predicted octanol–water partition coefficient (Wildman–Crippen LogP) is 5.90. The van der Waals surface area contributed by atoms with Crippen LogP contribution in [0.25, 0.3) is 0 Å². The van der Waals surface area contributed by atoms with E-state index in [4.69, 9.17) is 26.2 Å². The molecule has 2 heterocycles. The molecule has 3 aromatic rings. The Morgan fingerprint density at radius 2 is 1.79 bits per heavy atom. The van der Waals surface area contributed by atoms with E-state index in [0.29, 0.717) is 5.02 Å². The van der Waals surface area contributed by atoms with E-state index in [1.165, 1.54) is 5.56 Å². The lowest BCUT2D eigenvalue weighted by Crippen LogP contribution is -2.33. The van der Waals surface area contributed by atoms with Crippen LogP contribution in [0.1, 0.15) is 40.9 Å². The van der Waals surface area contributed by atoms with Crippen LogP contribution in [0.15, 0.2) is 71.8 Å². The molecule has 0 saturated heterocycles. The molecule has 0 aromatic heterocycles. The lowest BCUT2D eigenvalue weighted by Gasteiger charge is -2.38. The highest BCUT2D eigenvalue weighted by Gasteiger charge is 2.41. The first-order chi connectivity index (χ1) is 14.1. The maximum absolute atomic E-state index is 6.38. The third-order valence-electron chi connectivity index (χ3n) is 5.54.